The molecule has 3 unspecified atom stereocenters. The zero-order valence-electron chi connectivity index (χ0n) is 18.6. The molecule has 0 spiro atoms. The summed E-state index contributed by atoms with van der Waals surface area (Å²) in [6.45, 7) is 5.81. The SMILES string of the molecule is COc1cc(O)c(C(CC(=O)N2CC(C)CC(C)C2)c2cccc(C#N)c2)c(OC)c1. The number of carbonyl (C=O) groups excluding carboxylic acids is 1. The lowest BCUT2D eigenvalue weighted by Gasteiger charge is -2.36. The number of likely N-dealkylation sites (tertiary alicyclic amines) is 1. The molecule has 164 valence electrons. The lowest BCUT2D eigenvalue weighted by Crippen LogP contribution is -2.43. The van der Waals surface area contributed by atoms with Crippen LogP contribution in [0, 0.1) is 23.2 Å². The van der Waals surface area contributed by atoms with Crippen molar-refractivity contribution >= 4 is 5.91 Å². The van der Waals surface area contributed by atoms with Crippen molar-refractivity contribution in [2.24, 2.45) is 11.8 Å². The van der Waals surface area contributed by atoms with Crippen molar-refractivity contribution in [1.29, 1.82) is 5.26 Å². The van der Waals surface area contributed by atoms with Crippen LogP contribution in [0.5, 0.6) is 17.2 Å². The maximum Gasteiger partial charge on any atom is 0.223 e. The van der Waals surface area contributed by atoms with Crippen molar-refractivity contribution in [2.75, 3.05) is 27.3 Å². The molecule has 1 amide bonds. The number of methoxy groups -OCH3 is 2. The van der Waals surface area contributed by atoms with E-state index in [1.54, 1.807) is 24.3 Å². The molecule has 6 heteroatoms. The molecule has 1 saturated heterocycles. The van der Waals surface area contributed by atoms with Crippen molar-refractivity contribution in [3.05, 3.63) is 53.1 Å². The maximum atomic E-state index is 13.3. The first-order valence-corrected chi connectivity index (χ1v) is 10.6. The summed E-state index contributed by atoms with van der Waals surface area (Å²) in [5, 5.41) is 20.2. The number of nitrogens with zero attached hydrogens (tertiary/aromatic N) is 2. The van der Waals surface area contributed by atoms with Crippen molar-refractivity contribution in [3.63, 3.8) is 0 Å². The minimum absolute atomic E-state index is 0.00302. The summed E-state index contributed by atoms with van der Waals surface area (Å²) >= 11 is 0. The van der Waals surface area contributed by atoms with Gasteiger partial charge in [0.2, 0.25) is 5.91 Å². The van der Waals surface area contributed by atoms with E-state index in [4.69, 9.17) is 9.47 Å². The van der Waals surface area contributed by atoms with Crippen LogP contribution in [-0.2, 0) is 4.79 Å². The third-order valence-corrected chi connectivity index (χ3v) is 5.92. The van der Waals surface area contributed by atoms with E-state index in [-0.39, 0.29) is 18.1 Å². The minimum Gasteiger partial charge on any atom is -0.507 e. The van der Waals surface area contributed by atoms with Crippen LogP contribution in [0.25, 0.3) is 0 Å². The van der Waals surface area contributed by atoms with Crippen LogP contribution in [0.3, 0.4) is 0 Å². The molecule has 2 aromatic carbocycles. The van der Waals surface area contributed by atoms with E-state index >= 15 is 0 Å². The van der Waals surface area contributed by atoms with Gasteiger partial charge in [-0.1, -0.05) is 26.0 Å². The van der Waals surface area contributed by atoms with Crippen LogP contribution < -0.4 is 9.47 Å². The lowest BCUT2D eigenvalue weighted by atomic mass is 9.85. The summed E-state index contributed by atoms with van der Waals surface area (Å²) in [7, 11) is 3.04. The minimum atomic E-state index is -0.464. The molecule has 1 N–H and O–H groups in total. The molecule has 0 radical (unpaired) electrons. The van der Waals surface area contributed by atoms with Crippen LogP contribution in [0.2, 0.25) is 0 Å². The molecule has 2 aromatic rings. The number of aromatic hydroxyl groups is 1. The highest BCUT2D eigenvalue weighted by molar-refractivity contribution is 5.78. The summed E-state index contributed by atoms with van der Waals surface area (Å²) in [6, 6.07) is 12.5. The highest BCUT2D eigenvalue weighted by Crippen LogP contribution is 2.43. The van der Waals surface area contributed by atoms with Gasteiger partial charge in [0.05, 0.1) is 25.9 Å². The molecular weight excluding hydrogens is 392 g/mol. The molecule has 1 aliphatic rings. The first-order valence-electron chi connectivity index (χ1n) is 10.6. The molecule has 31 heavy (non-hydrogen) atoms. The monoisotopic (exact) mass is 422 g/mol. The van der Waals surface area contributed by atoms with Crippen LogP contribution in [0.4, 0.5) is 0 Å². The average Bonchev–Trinajstić information content (AvgIpc) is 2.76. The number of phenolic OH excluding ortho intramolecular Hbond substituents is 1. The Morgan fingerprint density at radius 1 is 1.19 bits per heavy atom. The van der Waals surface area contributed by atoms with Gasteiger partial charge in [-0.3, -0.25) is 4.79 Å². The molecule has 0 aromatic heterocycles. The fourth-order valence-electron chi connectivity index (χ4n) is 4.61. The molecule has 6 nitrogen and oxygen atoms in total. The van der Waals surface area contributed by atoms with Crippen LogP contribution >= 0.6 is 0 Å². The van der Waals surface area contributed by atoms with E-state index in [2.05, 4.69) is 19.9 Å². The number of hydrogen-bond donors (Lipinski definition) is 1. The molecule has 3 rings (SSSR count). The molecule has 1 aliphatic heterocycles. The number of benzene rings is 2. The van der Waals surface area contributed by atoms with Gasteiger partial charge in [0.25, 0.3) is 0 Å². The quantitative estimate of drug-likeness (QED) is 0.750. The van der Waals surface area contributed by atoms with Gasteiger partial charge >= 0.3 is 0 Å². The smallest absolute Gasteiger partial charge is 0.223 e. The molecule has 0 bridgehead atoms. The summed E-state index contributed by atoms with van der Waals surface area (Å²) in [4.78, 5) is 15.3. The van der Waals surface area contributed by atoms with Gasteiger partial charge in [0, 0.05) is 43.1 Å². The van der Waals surface area contributed by atoms with Gasteiger partial charge in [0.15, 0.2) is 0 Å². The van der Waals surface area contributed by atoms with Gasteiger partial charge < -0.3 is 19.5 Å². The number of ether oxygens (including phenoxy) is 2. The van der Waals surface area contributed by atoms with E-state index in [9.17, 15) is 15.2 Å². The summed E-state index contributed by atoms with van der Waals surface area (Å²) in [5.74, 6) is 1.38. The predicted octanol–water partition coefficient (Wildman–Crippen LogP) is 4.31. The number of phenols is 1. The van der Waals surface area contributed by atoms with Gasteiger partial charge in [-0.15, -0.1) is 0 Å². The molecule has 0 saturated carbocycles. The summed E-state index contributed by atoms with van der Waals surface area (Å²) in [5.41, 5.74) is 1.80. The van der Waals surface area contributed by atoms with Gasteiger partial charge in [0.1, 0.15) is 17.2 Å². The van der Waals surface area contributed by atoms with Crippen LogP contribution in [0.1, 0.15) is 49.3 Å². The van der Waals surface area contributed by atoms with Crippen molar-refractivity contribution in [2.45, 2.75) is 32.6 Å². The number of piperidine rings is 1. The van der Waals surface area contributed by atoms with Gasteiger partial charge in [-0.05, 0) is 36.0 Å². The van der Waals surface area contributed by atoms with Crippen LogP contribution in [0.15, 0.2) is 36.4 Å². The predicted molar refractivity (Wildman–Crippen MR) is 118 cm³/mol. The van der Waals surface area contributed by atoms with Crippen molar-refractivity contribution in [3.8, 4) is 23.3 Å². The Hall–Kier alpha value is -3.20. The Morgan fingerprint density at radius 3 is 2.52 bits per heavy atom. The van der Waals surface area contributed by atoms with E-state index in [1.165, 1.54) is 20.3 Å². The Kier molecular flexibility index (Phi) is 7.06. The summed E-state index contributed by atoms with van der Waals surface area (Å²) in [6.07, 6.45) is 1.29. The average molecular weight is 423 g/mol. The van der Waals surface area contributed by atoms with E-state index in [0.29, 0.717) is 34.5 Å². The second-order valence-corrected chi connectivity index (χ2v) is 8.50. The highest BCUT2D eigenvalue weighted by Gasteiger charge is 2.31. The Balaban J connectivity index is 2.04. The molecule has 3 atom stereocenters. The fourth-order valence-corrected chi connectivity index (χ4v) is 4.61. The number of hydrogen-bond acceptors (Lipinski definition) is 5. The summed E-state index contributed by atoms with van der Waals surface area (Å²) < 4.78 is 10.8. The van der Waals surface area contributed by atoms with E-state index in [0.717, 1.165) is 25.1 Å². The van der Waals surface area contributed by atoms with Crippen molar-refractivity contribution in [1.82, 2.24) is 4.90 Å². The molecule has 1 heterocycles. The maximum absolute atomic E-state index is 13.3. The third kappa shape index (κ3) is 5.11. The number of nitriles is 1. The second kappa shape index (κ2) is 9.74. The third-order valence-electron chi connectivity index (χ3n) is 5.92. The van der Waals surface area contributed by atoms with Gasteiger partial charge in [-0.2, -0.15) is 5.26 Å². The number of rotatable bonds is 6. The molecule has 0 aliphatic carbocycles. The lowest BCUT2D eigenvalue weighted by molar-refractivity contribution is -0.134. The normalized spacial score (nSPS) is 19.4. The first-order chi connectivity index (χ1) is 14.9. The zero-order valence-corrected chi connectivity index (χ0v) is 18.6. The molecule has 1 fully saturated rings. The first kappa shape index (κ1) is 22.5. The van der Waals surface area contributed by atoms with Gasteiger partial charge in [-0.25, -0.2) is 0 Å². The van der Waals surface area contributed by atoms with Crippen molar-refractivity contribution < 1.29 is 19.4 Å². The Bertz CT molecular complexity index is 972. The zero-order chi connectivity index (χ0) is 22.5. The fraction of sp³-hybridized carbons (Fsp3) is 0.440. The number of amides is 1. The Morgan fingerprint density at radius 2 is 1.90 bits per heavy atom. The van der Waals surface area contributed by atoms with E-state index in [1.807, 2.05) is 11.0 Å². The second-order valence-electron chi connectivity index (χ2n) is 8.50. The topological polar surface area (TPSA) is 82.8 Å². The largest absolute Gasteiger partial charge is 0.507 e. The standard InChI is InChI=1S/C25H30N2O4/c1-16-8-17(2)15-27(14-16)24(29)12-21(19-7-5-6-18(9-19)13-26)25-22(28)10-20(30-3)11-23(25)31-4/h5-7,9-11,16-17,21,28H,8,12,14-15H2,1-4H3. The molecular formula is C25H30N2O4. The Labute approximate surface area is 184 Å². The number of carbonyl (C=O) groups is 1. The van der Waals surface area contributed by atoms with Crippen LogP contribution in [-0.4, -0.2) is 43.2 Å². The van der Waals surface area contributed by atoms with E-state index < -0.39 is 5.92 Å². The highest BCUT2D eigenvalue weighted by atomic mass is 16.5.